The molecule has 0 aliphatic carbocycles. The van der Waals surface area contributed by atoms with E-state index in [1.807, 2.05) is 18.2 Å². The van der Waals surface area contributed by atoms with Crippen LogP contribution < -0.4 is 14.5 Å². The number of quaternary nitrogens is 1. The molecule has 0 radical (unpaired) electrons. The zero-order valence-electron chi connectivity index (χ0n) is 15.0. The zero-order valence-corrected chi connectivity index (χ0v) is 15.0. The van der Waals surface area contributed by atoms with E-state index >= 15 is 0 Å². The molecule has 6 nitrogen and oxygen atoms in total. The first-order chi connectivity index (χ1) is 11.4. The Balaban J connectivity index is 1.92. The predicted octanol–water partition coefficient (Wildman–Crippen LogP) is 0.161. The van der Waals surface area contributed by atoms with Gasteiger partial charge in [0.1, 0.15) is 11.3 Å². The van der Waals surface area contributed by atoms with Crippen molar-refractivity contribution in [3.05, 3.63) is 24.3 Å². The topological polar surface area (TPSA) is 61.0 Å². The van der Waals surface area contributed by atoms with Crippen molar-refractivity contribution >= 4 is 11.6 Å². The molecule has 0 aromatic heterocycles. The molecule has 1 saturated heterocycles. The number of rotatable bonds is 5. The van der Waals surface area contributed by atoms with Crippen LogP contribution in [-0.4, -0.2) is 63.2 Å². The van der Waals surface area contributed by atoms with Crippen molar-refractivity contribution < 1.29 is 14.4 Å². The summed E-state index contributed by atoms with van der Waals surface area (Å²) < 4.78 is 5.43. The summed E-state index contributed by atoms with van der Waals surface area (Å²) in [5, 5.41) is 9.16. The summed E-state index contributed by atoms with van der Waals surface area (Å²) in [5.74, 6) is 0.898. The van der Waals surface area contributed by atoms with Crippen molar-refractivity contribution in [3.8, 4) is 11.8 Å². The molecular formula is C18H27N4O2+. The molecule has 0 unspecified atom stereocenters. The number of hydrogen-bond donors (Lipinski definition) is 1. The Morgan fingerprint density at radius 3 is 2.58 bits per heavy atom. The molecule has 0 atom stereocenters. The third kappa shape index (κ3) is 3.98. The van der Waals surface area contributed by atoms with Gasteiger partial charge >= 0.3 is 0 Å². The highest BCUT2D eigenvalue weighted by molar-refractivity contribution is 5.78. The minimum Gasteiger partial charge on any atom is -0.495 e. The number of carbonyl (C=O) groups excluding carboxylic acids is 1. The van der Waals surface area contributed by atoms with E-state index in [1.165, 1.54) is 4.90 Å². The number of para-hydroxylation sites is 2. The van der Waals surface area contributed by atoms with Crippen LogP contribution in [0, 0.1) is 11.3 Å². The number of anilines is 1. The number of amides is 1. The second kappa shape index (κ2) is 7.54. The molecule has 6 heteroatoms. The van der Waals surface area contributed by atoms with Crippen molar-refractivity contribution in [2.45, 2.75) is 19.4 Å². The Bertz CT molecular complexity index is 616. The highest BCUT2D eigenvalue weighted by atomic mass is 16.5. The molecule has 2 rings (SSSR count). The second-order valence-electron chi connectivity index (χ2n) is 6.71. The van der Waals surface area contributed by atoms with Crippen LogP contribution in [0.2, 0.25) is 0 Å². The molecule has 1 N–H and O–H groups in total. The Morgan fingerprint density at radius 1 is 1.38 bits per heavy atom. The Kier molecular flexibility index (Phi) is 5.68. The van der Waals surface area contributed by atoms with E-state index in [0.29, 0.717) is 6.54 Å². The van der Waals surface area contributed by atoms with Crippen molar-refractivity contribution in [2.75, 3.05) is 51.8 Å². The number of nitriles is 1. The lowest BCUT2D eigenvalue weighted by Crippen LogP contribution is -3.16. The number of piperazine rings is 1. The van der Waals surface area contributed by atoms with Gasteiger partial charge in [-0.3, -0.25) is 4.79 Å². The third-order valence-corrected chi connectivity index (χ3v) is 4.78. The largest absolute Gasteiger partial charge is 0.495 e. The minimum atomic E-state index is -0.768. The lowest BCUT2D eigenvalue weighted by Gasteiger charge is -2.35. The highest BCUT2D eigenvalue weighted by Gasteiger charge is 2.31. The van der Waals surface area contributed by atoms with Crippen LogP contribution in [0.25, 0.3) is 0 Å². The molecule has 0 spiro atoms. The second-order valence-corrected chi connectivity index (χ2v) is 6.71. The molecule has 1 aromatic carbocycles. The van der Waals surface area contributed by atoms with E-state index in [9.17, 15) is 4.79 Å². The summed E-state index contributed by atoms with van der Waals surface area (Å²) in [5.41, 5.74) is 0.337. The van der Waals surface area contributed by atoms with Gasteiger partial charge in [0, 0.05) is 7.05 Å². The van der Waals surface area contributed by atoms with Crippen LogP contribution in [0.15, 0.2) is 24.3 Å². The molecule has 1 amide bonds. The maximum Gasteiger partial charge on any atom is 0.278 e. The monoisotopic (exact) mass is 331 g/mol. The molecule has 24 heavy (non-hydrogen) atoms. The summed E-state index contributed by atoms with van der Waals surface area (Å²) in [7, 11) is 3.39. The fraction of sp³-hybridized carbons (Fsp3) is 0.556. The minimum absolute atomic E-state index is 0.0160. The lowest BCUT2D eigenvalue weighted by molar-refractivity contribution is -0.892. The van der Waals surface area contributed by atoms with Gasteiger partial charge in [0.2, 0.25) is 0 Å². The Labute approximate surface area is 144 Å². The summed E-state index contributed by atoms with van der Waals surface area (Å²) in [6.07, 6.45) is 0. The zero-order chi connectivity index (χ0) is 17.7. The van der Waals surface area contributed by atoms with E-state index in [4.69, 9.17) is 10.00 Å². The van der Waals surface area contributed by atoms with Gasteiger partial charge in [-0.2, -0.15) is 5.26 Å². The van der Waals surface area contributed by atoms with Gasteiger partial charge in [-0.25, -0.2) is 0 Å². The van der Waals surface area contributed by atoms with Gasteiger partial charge in [0.05, 0.1) is 45.0 Å². The van der Waals surface area contributed by atoms with Crippen LogP contribution in [0.4, 0.5) is 5.69 Å². The van der Waals surface area contributed by atoms with Gasteiger partial charge in [-0.15, -0.1) is 0 Å². The SMILES string of the molecule is COc1ccccc1N1CC[NH+](CC(=O)N(C)C(C)(C)C#N)CC1. The molecule has 1 aliphatic rings. The van der Waals surface area contributed by atoms with Gasteiger partial charge in [-0.05, 0) is 26.0 Å². The molecule has 130 valence electrons. The van der Waals surface area contributed by atoms with E-state index in [-0.39, 0.29) is 5.91 Å². The summed E-state index contributed by atoms with van der Waals surface area (Å²) >= 11 is 0. The van der Waals surface area contributed by atoms with Crippen molar-refractivity contribution in [3.63, 3.8) is 0 Å². The van der Waals surface area contributed by atoms with E-state index in [2.05, 4.69) is 17.0 Å². The van der Waals surface area contributed by atoms with E-state index < -0.39 is 5.54 Å². The quantitative estimate of drug-likeness (QED) is 0.835. The van der Waals surface area contributed by atoms with Gasteiger partial charge in [-0.1, -0.05) is 12.1 Å². The molecule has 0 bridgehead atoms. The number of nitrogens with zero attached hydrogens (tertiary/aromatic N) is 3. The van der Waals surface area contributed by atoms with Gasteiger partial charge in [0.15, 0.2) is 6.54 Å². The number of hydrogen-bond acceptors (Lipinski definition) is 4. The first-order valence-corrected chi connectivity index (χ1v) is 8.28. The molecule has 1 aliphatic heterocycles. The first kappa shape index (κ1) is 18.1. The number of methoxy groups -OCH3 is 1. The number of benzene rings is 1. The van der Waals surface area contributed by atoms with Crippen molar-refractivity contribution in [1.29, 1.82) is 5.26 Å². The molecule has 1 fully saturated rings. The highest BCUT2D eigenvalue weighted by Crippen LogP contribution is 2.27. The van der Waals surface area contributed by atoms with Gasteiger partial charge < -0.3 is 19.4 Å². The van der Waals surface area contributed by atoms with Crippen molar-refractivity contribution in [1.82, 2.24) is 4.90 Å². The number of nitrogens with one attached hydrogen (secondary N) is 1. The third-order valence-electron chi connectivity index (χ3n) is 4.78. The molecule has 1 aromatic rings. The summed E-state index contributed by atoms with van der Waals surface area (Å²) in [6.45, 7) is 7.51. The molecule has 0 saturated carbocycles. The number of likely N-dealkylation sites (N-methyl/N-ethyl adjacent to an activating group) is 1. The summed E-state index contributed by atoms with van der Waals surface area (Å²) in [4.78, 5) is 17.5. The average Bonchev–Trinajstić information content (AvgIpc) is 2.61. The Hall–Kier alpha value is -2.26. The summed E-state index contributed by atoms with van der Waals surface area (Å²) in [6, 6.07) is 10.2. The van der Waals surface area contributed by atoms with Crippen LogP contribution in [0.5, 0.6) is 5.75 Å². The fourth-order valence-corrected chi connectivity index (χ4v) is 2.85. The van der Waals surface area contributed by atoms with Crippen LogP contribution >= 0.6 is 0 Å². The maximum atomic E-state index is 12.4. The molecular weight excluding hydrogens is 304 g/mol. The predicted molar refractivity (Wildman–Crippen MR) is 93.2 cm³/mol. The van der Waals surface area contributed by atoms with Crippen LogP contribution in [-0.2, 0) is 4.79 Å². The fourth-order valence-electron chi connectivity index (χ4n) is 2.85. The molecule has 1 heterocycles. The van der Waals surface area contributed by atoms with Gasteiger partial charge in [0.25, 0.3) is 5.91 Å². The van der Waals surface area contributed by atoms with Crippen LogP contribution in [0.1, 0.15) is 13.8 Å². The average molecular weight is 331 g/mol. The lowest BCUT2D eigenvalue weighted by atomic mass is 10.1. The van der Waals surface area contributed by atoms with E-state index in [1.54, 1.807) is 32.9 Å². The number of carbonyl (C=O) groups is 1. The first-order valence-electron chi connectivity index (χ1n) is 8.28. The van der Waals surface area contributed by atoms with E-state index in [0.717, 1.165) is 37.6 Å². The maximum absolute atomic E-state index is 12.4. The smallest absolute Gasteiger partial charge is 0.278 e. The Morgan fingerprint density at radius 2 is 2.00 bits per heavy atom. The van der Waals surface area contributed by atoms with Crippen molar-refractivity contribution in [2.24, 2.45) is 0 Å². The normalized spacial score (nSPS) is 15.7. The standard InChI is InChI=1S/C18H26N4O2/c1-18(2,14-19)20(3)17(23)13-21-9-11-22(12-10-21)15-7-5-6-8-16(15)24-4/h5-8H,9-13H2,1-4H3/p+1. The number of ether oxygens (including phenoxy) is 1. The van der Waals surface area contributed by atoms with Crippen LogP contribution in [0.3, 0.4) is 0 Å².